The van der Waals surface area contributed by atoms with E-state index in [1.807, 2.05) is 0 Å². The number of carbonyl (C=O) groups is 1. The highest BCUT2D eigenvalue weighted by atomic mass is 16.5. The Morgan fingerprint density at radius 3 is 2.94 bits per heavy atom. The Hall–Kier alpha value is -1.36. The molecule has 0 bridgehead atoms. The molecule has 0 aliphatic carbocycles. The summed E-state index contributed by atoms with van der Waals surface area (Å²) in [5.74, 6) is -0.499. The number of hydrogen-bond acceptors (Lipinski definition) is 4. The van der Waals surface area contributed by atoms with Gasteiger partial charge in [0.15, 0.2) is 0 Å². The van der Waals surface area contributed by atoms with Gasteiger partial charge in [-0.2, -0.15) is 0 Å². The number of ether oxygens (including phenoxy) is 1. The van der Waals surface area contributed by atoms with E-state index in [-0.39, 0.29) is 11.9 Å². The van der Waals surface area contributed by atoms with Gasteiger partial charge in [0.25, 0.3) is 0 Å². The second-order valence-electron chi connectivity index (χ2n) is 3.97. The average Bonchev–Trinajstić information content (AvgIpc) is 2.74. The second kappa shape index (κ2) is 7.06. The molecule has 1 aromatic rings. The Morgan fingerprint density at radius 2 is 2.35 bits per heavy atom. The predicted molar refractivity (Wildman–Crippen MR) is 65.4 cm³/mol. The lowest BCUT2D eigenvalue weighted by atomic mass is 10.0. The summed E-state index contributed by atoms with van der Waals surface area (Å²) in [6.07, 6.45) is 5.21. The third-order valence-electron chi connectivity index (χ3n) is 2.62. The van der Waals surface area contributed by atoms with Gasteiger partial charge in [0.1, 0.15) is 0 Å². The Balaban J connectivity index is 2.66. The van der Waals surface area contributed by atoms with Gasteiger partial charge in [0.05, 0.1) is 18.9 Å². The van der Waals surface area contributed by atoms with E-state index >= 15 is 0 Å². The summed E-state index contributed by atoms with van der Waals surface area (Å²) >= 11 is 0. The third kappa shape index (κ3) is 3.85. The SMILES string of the molecule is CCCn1cncc1CC(CN)C(=O)OCC. The Labute approximate surface area is 102 Å². The zero-order chi connectivity index (χ0) is 12.7. The molecule has 2 N–H and O–H groups in total. The molecule has 1 atom stereocenters. The molecular formula is C12H21N3O2. The van der Waals surface area contributed by atoms with Gasteiger partial charge in [-0.15, -0.1) is 0 Å². The zero-order valence-corrected chi connectivity index (χ0v) is 10.6. The van der Waals surface area contributed by atoms with Gasteiger partial charge in [0.2, 0.25) is 0 Å². The average molecular weight is 239 g/mol. The minimum absolute atomic E-state index is 0.223. The molecule has 5 nitrogen and oxygen atoms in total. The van der Waals surface area contributed by atoms with Crippen molar-refractivity contribution in [3.05, 3.63) is 18.2 Å². The Bertz CT molecular complexity index is 349. The minimum atomic E-state index is -0.276. The summed E-state index contributed by atoms with van der Waals surface area (Å²) in [6.45, 7) is 5.51. The number of hydrogen-bond donors (Lipinski definition) is 1. The van der Waals surface area contributed by atoms with Crippen LogP contribution in [-0.2, 0) is 22.5 Å². The molecule has 0 saturated carbocycles. The van der Waals surface area contributed by atoms with Gasteiger partial charge in [-0.1, -0.05) is 6.92 Å². The smallest absolute Gasteiger partial charge is 0.310 e. The van der Waals surface area contributed by atoms with Gasteiger partial charge in [-0.25, -0.2) is 4.98 Å². The van der Waals surface area contributed by atoms with Crippen molar-refractivity contribution in [2.45, 2.75) is 33.2 Å². The van der Waals surface area contributed by atoms with Crippen molar-refractivity contribution in [1.82, 2.24) is 9.55 Å². The van der Waals surface area contributed by atoms with Crippen LogP contribution in [0.2, 0.25) is 0 Å². The van der Waals surface area contributed by atoms with Gasteiger partial charge in [-0.05, 0) is 13.3 Å². The molecule has 0 fully saturated rings. The number of esters is 1. The Morgan fingerprint density at radius 1 is 1.59 bits per heavy atom. The van der Waals surface area contributed by atoms with Crippen molar-refractivity contribution in [3.63, 3.8) is 0 Å². The molecule has 0 radical (unpaired) electrons. The van der Waals surface area contributed by atoms with Gasteiger partial charge in [-0.3, -0.25) is 4.79 Å². The third-order valence-corrected chi connectivity index (χ3v) is 2.62. The number of carbonyl (C=O) groups excluding carboxylic acids is 1. The molecule has 0 saturated heterocycles. The van der Waals surface area contributed by atoms with E-state index in [1.165, 1.54) is 0 Å². The summed E-state index contributed by atoms with van der Waals surface area (Å²) < 4.78 is 7.05. The molecule has 0 aromatic carbocycles. The number of rotatable bonds is 7. The molecule has 1 aromatic heterocycles. The van der Waals surface area contributed by atoms with Crippen molar-refractivity contribution in [3.8, 4) is 0 Å². The number of nitrogens with zero attached hydrogens (tertiary/aromatic N) is 2. The van der Waals surface area contributed by atoms with Crippen molar-refractivity contribution in [1.29, 1.82) is 0 Å². The van der Waals surface area contributed by atoms with Crippen LogP contribution in [0.15, 0.2) is 12.5 Å². The zero-order valence-electron chi connectivity index (χ0n) is 10.6. The van der Waals surface area contributed by atoms with Crippen LogP contribution in [0.3, 0.4) is 0 Å². The Kier molecular flexibility index (Phi) is 5.69. The summed E-state index contributed by atoms with van der Waals surface area (Å²) in [5, 5.41) is 0. The molecule has 0 spiro atoms. The first kappa shape index (κ1) is 13.7. The largest absolute Gasteiger partial charge is 0.466 e. The fourth-order valence-corrected chi connectivity index (χ4v) is 1.74. The first-order chi connectivity index (χ1) is 8.22. The molecule has 96 valence electrons. The van der Waals surface area contributed by atoms with Crippen molar-refractivity contribution >= 4 is 5.97 Å². The van der Waals surface area contributed by atoms with Crippen LogP contribution in [0.4, 0.5) is 0 Å². The normalized spacial score (nSPS) is 12.4. The molecule has 1 heterocycles. The van der Waals surface area contributed by atoms with Gasteiger partial charge < -0.3 is 15.0 Å². The fraction of sp³-hybridized carbons (Fsp3) is 0.667. The quantitative estimate of drug-likeness (QED) is 0.720. The van der Waals surface area contributed by atoms with E-state index in [0.717, 1.165) is 18.7 Å². The van der Waals surface area contributed by atoms with Crippen LogP contribution in [0.25, 0.3) is 0 Å². The molecular weight excluding hydrogens is 218 g/mol. The molecule has 1 unspecified atom stereocenters. The maximum Gasteiger partial charge on any atom is 0.310 e. The van der Waals surface area contributed by atoms with E-state index in [2.05, 4.69) is 16.5 Å². The van der Waals surface area contributed by atoms with Crippen LogP contribution in [0.5, 0.6) is 0 Å². The monoisotopic (exact) mass is 239 g/mol. The highest BCUT2D eigenvalue weighted by Crippen LogP contribution is 2.10. The predicted octanol–water partition coefficient (Wildman–Crippen LogP) is 0.974. The maximum atomic E-state index is 11.6. The lowest BCUT2D eigenvalue weighted by Crippen LogP contribution is -2.28. The highest BCUT2D eigenvalue weighted by Gasteiger charge is 2.20. The number of aryl methyl sites for hydroxylation is 1. The van der Waals surface area contributed by atoms with Crippen LogP contribution in [0, 0.1) is 5.92 Å². The van der Waals surface area contributed by atoms with Crippen LogP contribution in [0.1, 0.15) is 26.0 Å². The van der Waals surface area contributed by atoms with E-state index in [4.69, 9.17) is 10.5 Å². The molecule has 1 rings (SSSR count). The number of nitrogens with two attached hydrogens (primary N) is 1. The van der Waals surface area contributed by atoms with Gasteiger partial charge >= 0.3 is 5.97 Å². The number of imidazole rings is 1. The fourth-order valence-electron chi connectivity index (χ4n) is 1.74. The molecule has 0 amide bonds. The highest BCUT2D eigenvalue weighted by molar-refractivity contribution is 5.73. The van der Waals surface area contributed by atoms with Gasteiger partial charge in [0, 0.05) is 31.4 Å². The lowest BCUT2D eigenvalue weighted by molar-refractivity contribution is -0.147. The molecule has 5 heteroatoms. The first-order valence-corrected chi connectivity index (χ1v) is 6.08. The van der Waals surface area contributed by atoms with Crippen LogP contribution < -0.4 is 5.73 Å². The minimum Gasteiger partial charge on any atom is -0.466 e. The maximum absolute atomic E-state index is 11.6. The van der Waals surface area contributed by atoms with E-state index in [0.29, 0.717) is 19.6 Å². The molecule has 17 heavy (non-hydrogen) atoms. The van der Waals surface area contributed by atoms with Crippen molar-refractivity contribution in [2.24, 2.45) is 11.7 Å². The van der Waals surface area contributed by atoms with E-state index < -0.39 is 0 Å². The number of aromatic nitrogens is 2. The molecule has 0 aliphatic heterocycles. The first-order valence-electron chi connectivity index (χ1n) is 6.08. The lowest BCUT2D eigenvalue weighted by Gasteiger charge is -2.14. The molecule has 0 aliphatic rings. The standard InChI is InChI=1S/C12H21N3O2/c1-3-5-15-9-14-8-11(15)6-10(7-13)12(16)17-4-2/h8-10H,3-7,13H2,1-2H3. The van der Waals surface area contributed by atoms with Crippen LogP contribution >= 0.6 is 0 Å². The van der Waals surface area contributed by atoms with Crippen molar-refractivity contribution < 1.29 is 9.53 Å². The summed E-state index contributed by atoms with van der Waals surface area (Å²) in [5.41, 5.74) is 6.65. The topological polar surface area (TPSA) is 70.1 Å². The van der Waals surface area contributed by atoms with E-state index in [9.17, 15) is 4.79 Å². The second-order valence-corrected chi connectivity index (χ2v) is 3.97. The van der Waals surface area contributed by atoms with Crippen LogP contribution in [-0.4, -0.2) is 28.7 Å². The summed E-state index contributed by atoms with van der Waals surface area (Å²) in [6, 6.07) is 0. The van der Waals surface area contributed by atoms with E-state index in [1.54, 1.807) is 19.4 Å². The summed E-state index contributed by atoms with van der Waals surface area (Å²) in [7, 11) is 0. The summed E-state index contributed by atoms with van der Waals surface area (Å²) in [4.78, 5) is 15.7. The van der Waals surface area contributed by atoms with Crippen molar-refractivity contribution in [2.75, 3.05) is 13.2 Å².